The number of carbonyl (C=O) groups is 1. The van der Waals surface area contributed by atoms with E-state index < -0.39 is 29.0 Å². The first kappa shape index (κ1) is 12.4. The molecule has 2 rings (SSSR count). The normalized spacial score (nSPS) is 12.2. The molecule has 0 saturated heterocycles. The van der Waals surface area contributed by atoms with Gasteiger partial charge < -0.3 is 5.73 Å². The van der Waals surface area contributed by atoms with Crippen LogP contribution in [0.3, 0.4) is 0 Å². The second-order valence-electron chi connectivity index (χ2n) is 3.85. The molecular weight excluding hydrogens is 236 g/mol. The molecule has 0 heterocycles. The van der Waals surface area contributed by atoms with Crippen LogP contribution in [-0.2, 0) is 0 Å². The number of benzene rings is 2. The Bertz CT molecular complexity index is 549. The van der Waals surface area contributed by atoms with Crippen molar-refractivity contribution in [1.29, 1.82) is 0 Å². The number of rotatable bonds is 3. The predicted molar refractivity (Wildman–Crippen MR) is 64.1 cm³/mol. The average Bonchev–Trinajstić information content (AvgIpc) is 2.38. The molecule has 0 aliphatic carbocycles. The Kier molecular flexibility index (Phi) is 3.48. The van der Waals surface area contributed by atoms with Gasteiger partial charge in [-0.05, 0) is 17.7 Å². The Morgan fingerprint density at radius 2 is 1.50 bits per heavy atom. The summed E-state index contributed by atoms with van der Waals surface area (Å²) >= 11 is 0. The van der Waals surface area contributed by atoms with Gasteiger partial charge >= 0.3 is 0 Å². The van der Waals surface area contributed by atoms with Crippen LogP contribution in [0.25, 0.3) is 0 Å². The highest BCUT2D eigenvalue weighted by molar-refractivity contribution is 6.01. The Labute approximate surface area is 103 Å². The van der Waals surface area contributed by atoms with Crippen LogP contribution in [0.15, 0.2) is 48.5 Å². The van der Waals surface area contributed by atoms with E-state index in [4.69, 9.17) is 5.73 Å². The number of hydrogen-bond donors (Lipinski definition) is 1. The number of nitrogens with two attached hydrogens (primary N) is 1. The summed E-state index contributed by atoms with van der Waals surface area (Å²) in [5.41, 5.74) is 5.66. The van der Waals surface area contributed by atoms with Gasteiger partial charge in [0.05, 0.1) is 11.6 Å². The van der Waals surface area contributed by atoms with Gasteiger partial charge in [0, 0.05) is 0 Å². The zero-order valence-corrected chi connectivity index (χ0v) is 9.44. The standard InChI is InChI=1S/C14H11F2NO/c15-10-7-4-8-11(16)12(10)14(18)13(17)9-5-2-1-3-6-9/h1-8,13H,17H2. The van der Waals surface area contributed by atoms with E-state index in [2.05, 4.69) is 0 Å². The zero-order chi connectivity index (χ0) is 13.1. The van der Waals surface area contributed by atoms with Gasteiger partial charge in [-0.15, -0.1) is 0 Å². The molecule has 0 aliphatic rings. The molecule has 1 atom stereocenters. The lowest BCUT2D eigenvalue weighted by atomic mass is 9.97. The van der Waals surface area contributed by atoms with E-state index >= 15 is 0 Å². The monoisotopic (exact) mass is 247 g/mol. The largest absolute Gasteiger partial charge is 0.318 e. The second kappa shape index (κ2) is 5.06. The summed E-state index contributed by atoms with van der Waals surface area (Å²) in [5.74, 6) is -2.56. The van der Waals surface area contributed by atoms with Crippen LogP contribution in [0, 0.1) is 11.6 Å². The van der Waals surface area contributed by atoms with Crippen LogP contribution < -0.4 is 5.73 Å². The second-order valence-corrected chi connectivity index (χ2v) is 3.85. The molecule has 18 heavy (non-hydrogen) atoms. The third-order valence-electron chi connectivity index (χ3n) is 2.65. The zero-order valence-electron chi connectivity index (χ0n) is 9.44. The molecule has 0 aromatic heterocycles. The van der Waals surface area contributed by atoms with Crippen molar-refractivity contribution in [2.24, 2.45) is 5.73 Å². The van der Waals surface area contributed by atoms with Gasteiger partial charge in [-0.3, -0.25) is 4.79 Å². The van der Waals surface area contributed by atoms with Crippen molar-refractivity contribution in [3.63, 3.8) is 0 Å². The summed E-state index contributed by atoms with van der Waals surface area (Å²) in [6.07, 6.45) is 0. The Morgan fingerprint density at radius 1 is 0.944 bits per heavy atom. The fraction of sp³-hybridized carbons (Fsp3) is 0.0714. The lowest BCUT2D eigenvalue weighted by molar-refractivity contribution is 0.0953. The third kappa shape index (κ3) is 2.28. The SMILES string of the molecule is NC(C(=O)c1c(F)cccc1F)c1ccccc1. The molecule has 0 spiro atoms. The lowest BCUT2D eigenvalue weighted by Gasteiger charge is -2.12. The van der Waals surface area contributed by atoms with E-state index in [1.807, 2.05) is 0 Å². The van der Waals surface area contributed by atoms with Gasteiger partial charge in [0.2, 0.25) is 0 Å². The Balaban J connectivity index is 2.38. The fourth-order valence-electron chi connectivity index (χ4n) is 1.70. The van der Waals surface area contributed by atoms with E-state index in [9.17, 15) is 13.6 Å². The molecule has 2 nitrogen and oxygen atoms in total. The van der Waals surface area contributed by atoms with E-state index in [0.29, 0.717) is 5.56 Å². The van der Waals surface area contributed by atoms with Crippen molar-refractivity contribution < 1.29 is 13.6 Å². The van der Waals surface area contributed by atoms with Crippen molar-refractivity contribution in [2.75, 3.05) is 0 Å². The minimum Gasteiger partial charge on any atom is -0.318 e. The van der Waals surface area contributed by atoms with Crippen LogP contribution in [0.2, 0.25) is 0 Å². The summed E-state index contributed by atoms with van der Waals surface area (Å²) in [6, 6.07) is 10.7. The van der Waals surface area contributed by atoms with E-state index in [-0.39, 0.29) is 0 Å². The van der Waals surface area contributed by atoms with Gasteiger partial charge in [-0.25, -0.2) is 8.78 Å². The number of halogens is 2. The fourth-order valence-corrected chi connectivity index (χ4v) is 1.70. The highest BCUT2D eigenvalue weighted by atomic mass is 19.1. The van der Waals surface area contributed by atoms with Gasteiger partial charge in [0.1, 0.15) is 11.6 Å². The molecule has 2 aromatic carbocycles. The predicted octanol–water partition coefficient (Wildman–Crippen LogP) is 2.85. The van der Waals surface area contributed by atoms with Crippen LogP contribution in [0.1, 0.15) is 22.0 Å². The molecule has 0 fully saturated rings. The molecule has 0 saturated carbocycles. The highest BCUT2D eigenvalue weighted by Gasteiger charge is 2.23. The average molecular weight is 247 g/mol. The summed E-state index contributed by atoms with van der Waals surface area (Å²) < 4.78 is 26.9. The third-order valence-corrected chi connectivity index (χ3v) is 2.65. The maximum absolute atomic E-state index is 13.5. The topological polar surface area (TPSA) is 43.1 Å². The van der Waals surface area contributed by atoms with Crippen LogP contribution in [-0.4, -0.2) is 5.78 Å². The molecule has 4 heteroatoms. The Morgan fingerprint density at radius 3 is 2.06 bits per heavy atom. The first-order chi connectivity index (χ1) is 8.61. The summed E-state index contributed by atoms with van der Waals surface area (Å²) in [4.78, 5) is 12.0. The molecule has 0 bridgehead atoms. The molecule has 2 N–H and O–H groups in total. The van der Waals surface area contributed by atoms with E-state index in [1.165, 1.54) is 6.07 Å². The summed E-state index contributed by atoms with van der Waals surface area (Å²) in [7, 11) is 0. The number of ketones is 1. The minimum atomic E-state index is -1.07. The van der Waals surface area contributed by atoms with Crippen molar-refractivity contribution in [1.82, 2.24) is 0 Å². The van der Waals surface area contributed by atoms with Crippen LogP contribution in [0.5, 0.6) is 0 Å². The van der Waals surface area contributed by atoms with Crippen molar-refractivity contribution >= 4 is 5.78 Å². The minimum absolute atomic E-state index is 0.519. The molecule has 1 unspecified atom stereocenters. The van der Waals surface area contributed by atoms with Gasteiger partial charge in [0.15, 0.2) is 5.78 Å². The van der Waals surface area contributed by atoms with E-state index in [0.717, 1.165) is 12.1 Å². The first-order valence-corrected chi connectivity index (χ1v) is 5.40. The summed E-state index contributed by atoms with van der Waals surface area (Å²) in [5, 5.41) is 0. The first-order valence-electron chi connectivity index (χ1n) is 5.40. The van der Waals surface area contributed by atoms with Crippen molar-refractivity contribution in [3.8, 4) is 0 Å². The van der Waals surface area contributed by atoms with Crippen LogP contribution in [0.4, 0.5) is 8.78 Å². The van der Waals surface area contributed by atoms with Crippen molar-refractivity contribution in [2.45, 2.75) is 6.04 Å². The highest BCUT2D eigenvalue weighted by Crippen LogP contribution is 2.20. The quantitative estimate of drug-likeness (QED) is 0.847. The maximum Gasteiger partial charge on any atom is 0.189 e. The molecule has 2 aromatic rings. The molecule has 92 valence electrons. The lowest BCUT2D eigenvalue weighted by Crippen LogP contribution is -2.23. The van der Waals surface area contributed by atoms with Gasteiger partial charge in [-0.2, -0.15) is 0 Å². The smallest absolute Gasteiger partial charge is 0.189 e. The molecule has 0 amide bonds. The maximum atomic E-state index is 13.5. The van der Waals surface area contributed by atoms with Gasteiger partial charge in [-0.1, -0.05) is 36.4 Å². The molecule has 0 aliphatic heterocycles. The number of Topliss-reactive ketones (excluding diaryl/α,β-unsaturated/α-hetero) is 1. The number of carbonyl (C=O) groups excluding carboxylic acids is 1. The number of hydrogen-bond acceptors (Lipinski definition) is 2. The Hall–Kier alpha value is -2.07. The van der Waals surface area contributed by atoms with Crippen molar-refractivity contribution in [3.05, 3.63) is 71.3 Å². The molecule has 0 radical (unpaired) electrons. The summed E-state index contributed by atoms with van der Waals surface area (Å²) in [6.45, 7) is 0. The van der Waals surface area contributed by atoms with Crippen LogP contribution >= 0.6 is 0 Å². The molecular formula is C14H11F2NO. The van der Waals surface area contributed by atoms with Gasteiger partial charge in [0.25, 0.3) is 0 Å². The van der Waals surface area contributed by atoms with E-state index in [1.54, 1.807) is 30.3 Å².